The Labute approximate surface area is 101 Å². The number of ether oxygens (including phenoxy) is 2. The fourth-order valence-corrected chi connectivity index (χ4v) is 1.22. The first-order chi connectivity index (χ1) is 8.17. The number of aliphatic hydroxyl groups excluding tert-OH is 1. The Bertz CT molecular complexity index is 367. The van der Waals surface area contributed by atoms with E-state index in [2.05, 4.69) is 0 Å². The molecule has 0 bridgehead atoms. The molecule has 0 saturated heterocycles. The van der Waals surface area contributed by atoms with Crippen molar-refractivity contribution in [1.82, 2.24) is 4.90 Å². The summed E-state index contributed by atoms with van der Waals surface area (Å²) in [7, 11) is 3.19. The maximum atomic E-state index is 11.5. The Morgan fingerprint density at radius 3 is 2.76 bits per heavy atom. The predicted molar refractivity (Wildman–Crippen MR) is 63.2 cm³/mol. The smallest absolute Gasteiger partial charge is 0.260 e. The van der Waals surface area contributed by atoms with Crippen LogP contribution in [0, 0.1) is 0 Å². The predicted octanol–water partition coefficient (Wildman–Crippen LogP) is 0.525. The van der Waals surface area contributed by atoms with Crippen molar-refractivity contribution >= 4 is 5.91 Å². The van der Waals surface area contributed by atoms with Crippen LogP contribution in [0.15, 0.2) is 24.3 Å². The minimum Gasteiger partial charge on any atom is -0.497 e. The molecule has 1 N–H and O–H groups in total. The van der Waals surface area contributed by atoms with E-state index in [1.165, 1.54) is 4.90 Å². The first-order valence-corrected chi connectivity index (χ1v) is 5.29. The number of methoxy groups -OCH3 is 1. The molecule has 0 unspecified atom stereocenters. The minimum absolute atomic E-state index is 0.0519. The average molecular weight is 239 g/mol. The van der Waals surface area contributed by atoms with E-state index in [0.717, 1.165) is 0 Å². The van der Waals surface area contributed by atoms with Crippen LogP contribution in [-0.2, 0) is 4.79 Å². The van der Waals surface area contributed by atoms with Gasteiger partial charge in [-0.2, -0.15) is 0 Å². The van der Waals surface area contributed by atoms with E-state index < -0.39 is 0 Å². The topological polar surface area (TPSA) is 59.0 Å². The molecule has 0 aromatic heterocycles. The van der Waals surface area contributed by atoms with E-state index in [-0.39, 0.29) is 19.1 Å². The van der Waals surface area contributed by atoms with Gasteiger partial charge in [-0.15, -0.1) is 0 Å². The zero-order chi connectivity index (χ0) is 12.7. The molecule has 0 heterocycles. The highest BCUT2D eigenvalue weighted by atomic mass is 16.5. The number of aliphatic hydroxyl groups is 1. The van der Waals surface area contributed by atoms with Crippen molar-refractivity contribution in [2.75, 3.05) is 33.9 Å². The van der Waals surface area contributed by atoms with Gasteiger partial charge in [0, 0.05) is 19.7 Å². The van der Waals surface area contributed by atoms with E-state index in [0.29, 0.717) is 18.0 Å². The number of carbonyl (C=O) groups excluding carboxylic acids is 1. The Morgan fingerprint density at radius 1 is 1.41 bits per heavy atom. The number of rotatable bonds is 6. The molecule has 1 rings (SSSR count). The lowest BCUT2D eigenvalue weighted by atomic mass is 10.3. The van der Waals surface area contributed by atoms with Gasteiger partial charge in [0.15, 0.2) is 6.61 Å². The highest BCUT2D eigenvalue weighted by Gasteiger charge is 2.08. The zero-order valence-corrected chi connectivity index (χ0v) is 10.0. The van der Waals surface area contributed by atoms with Gasteiger partial charge in [0.05, 0.1) is 13.7 Å². The summed E-state index contributed by atoms with van der Waals surface area (Å²) < 4.78 is 10.4. The molecule has 0 aliphatic heterocycles. The molecule has 1 aromatic carbocycles. The third-order valence-electron chi connectivity index (χ3n) is 2.26. The monoisotopic (exact) mass is 239 g/mol. The largest absolute Gasteiger partial charge is 0.497 e. The second-order valence-corrected chi connectivity index (χ2v) is 3.51. The summed E-state index contributed by atoms with van der Waals surface area (Å²) in [5, 5.41) is 8.69. The van der Waals surface area contributed by atoms with Crippen LogP contribution in [0.3, 0.4) is 0 Å². The Kier molecular flexibility index (Phi) is 5.29. The molecule has 1 aromatic rings. The number of benzene rings is 1. The lowest BCUT2D eigenvalue weighted by molar-refractivity contribution is -0.132. The molecule has 17 heavy (non-hydrogen) atoms. The third-order valence-corrected chi connectivity index (χ3v) is 2.26. The molecule has 0 saturated carbocycles. The number of hydrogen-bond donors (Lipinski definition) is 1. The van der Waals surface area contributed by atoms with Gasteiger partial charge in [-0.25, -0.2) is 0 Å². The quantitative estimate of drug-likeness (QED) is 0.786. The molecular weight excluding hydrogens is 222 g/mol. The molecule has 94 valence electrons. The SMILES string of the molecule is COc1cccc(OCC(=O)N(C)CCO)c1. The number of likely N-dealkylation sites (N-methyl/N-ethyl adjacent to an activating group) is 1. The lowest BCUT2D eigenvalue weighted by Crippen LogP contribution is -2.33. The van der Waals surface area contributed by atoms with Gasteiger partial charge < -0.3 is 19.5 Å². The molecule has 0 atom stereocenters. The molecule has 5 nitrogen and oxygen atoms in total. The van der Waals surface area contributed by atoms with E-state index in [1.54, 1.807) is 38.4 Å². The minimum atomic E-state index is -0.179. The van der Waals surface area contributed by atoms with Crippen LogP contribution in [0.25, 0.3) is 0 Å². The van der Waals surface area contributed by atoms with Crippen LogP contribution in [0.4, 0.5) is 0 Å². The van der Waals surface area contributed by atoms with Gasteiger partial charge in [-0.1, -0.05) is 6.07 Å². The molecular formula is C12H17NO4. The Balaban J connectivity index is 2.46. The van der Waals surface area contributed by atoms with Gasteiger partial charge in [-0.05, 0) is 12.1 Å². The highest BCUT2D eigenvalue weighted by molar-refractivity contribution is 5.77. The molecule has 1 amide bonds. The van der Waals surface area contributed by atoms with Crippen molar-refractivity contribution in [2.45, 2.75) is 0 Å². The van der Waals surface area contributed by atoms with Crippen molar-refractivity contribution in [3.63, 3.8) is 0 Å². The number of amides is 1. The van der Waals surface area contributed by atoms with Crippen molar-refractivity contribution in [3.8, 4) is 11.5 Å². The van der Waals surface area contributed by atoms with Crippen LogP contribution in [-0.4, -0.2) is 49.8 Å². The standard InChI is InChI=1S/C12H17NO4/c1-13(6-7-14)12(15)9-17-11-5-3-4-10(8-11)16-2/h3-5,8,14H,6-7,9H2,1-2H3. The maximum absolute atomic E-state index is 11.5. The second kappa shape index (κ2) is 6.75. The van der Waals surface area contributed by atoms with Crippen molar-refractivity contribution < 1.29 is 19.4 Å². The number of carbonyl (C=O) groups is 1. The molecule has 0 radical (unpaired) electrons. The van der Waals surface area contributed by atoms with Gasteiger partial charge in [0.1, 0.15) is 11.5 Å². The van der Waals surface area contributed by atoms with E-state index in [4.69, 9.17) is 14.6 Å². The van der Waals surface area contributed by atoms with Gasteiger partial charge in [0.25, 0.3) is 5.91 Å². The van der Waals surface area contributed by atoms with Gasteiger partial charge in [-0.3, -0.25) is 4.79 Å². The highest BCUT2D eigenvalue weighted by Crippen LogP contribution is 2.18. The first kappa shape index (κ1) is 13.3. The second-order valence-electron chi connectivity index (χ2n) is 3.51. The zero-order valence-electron chi connectivity index (χ0n) is 10.0. The molecule has 0 spiro atoms. The fourth-order valence-electron chi connectivity index (χ4n) is 1.22. The number of hydrogen-bond acceptors (Lipinski definition) is 4. The van der Waals surface area contributed by atoms with Crippen molar-refractivity contribution in [2.24, 2.45) is 0 Å². The summed E-state index contributed by atoms with van der Waals surface area (Å²) in [6.45, 7) is 0.200. The van der Waals surface area contributed by atoms with E-state index in [1.807, 2.05) is 0 Å². The summed E-state index contributed by atoms with van der Waals surface area (Å²) in [5.74, 6) is 1.08. The Morgan fingerprint density at radius 2 is 2.12 bits per heavy atom. The summed E-state index contributed by atoms with van der Waals surface area (Å²) in [5.41, 5.74) is 0. The van der Waals surface area contributed by atoms with E-state index in [9.17, 15) is 4.79 Å². The molecule has 0 fully saturated rings. The average Bonchev–Trinajstić information content (AvgIpc) is 2.36. The maximum Gasteiger partial charge on any atom is 0.260 e. The normalized spacial score (nSPS) is 9.82. The van der Waals surface area contributed by atoms with Gasteiger partial charge in [0.2, 0.25) is 0 Å². The molecule has 5 heteroatoms. The van der Waals surface area contributed by atoms with Crippen molar-refractivity contribution in [3.05, 3.63) is 24.3 Å². The van der Waals surface area contributed by atoms with Crippen LogP contribution < -0.4 is 9.47 Å². The summed E-state index contributed by atoms with van der Waals surface area (Å²) >= 11 is 0. The molecule has 0 aliphatic carbocycles. The van der Waals surface area contributed by atoms with Crippen molar-refractivity contribution in [1.29, 1.82) is 0 Å². The first-order valence-electron chi connectivity index (χ1n) is 5.29. The lowest BCUT2D eigenvalue weighted by Gasteiger charge is -2.16. The molecule has 0 aliphatic rings. The Hall–Kier alpha value is -1.75. The summed E-state index contributed by atoms with van der Waals surface area (Å²) in [6, 6.07) is 7.05. The van der Waals surface area contributed by atoms with Crippen LogP contribution in [0.1, 0.15) is 0 Å². The van der Waals surface area contributed by atoms with Gasteiger partial charge >= 0.3 is 0 Å². The number of nitrogens with zero attached hydrogens (tertiary/aromatic N) is 1. The third kappa shape index (κ3) is 4.32. The van der Waals surface area contributed by atoms with Crippen LogP contribution in [0.5, 0.6) is 11.5 Å². The summed E-state index contributed by atoms with van der Waals surface area (Å²) in [4.78, 5) is 12.9. The van der Waals surface area contributed by atoms with Crippen LogP contribution in [0.2, 0.25) is 0 Å². The summed E-state index contributed by atoms with van der Waals surface area (Å²) in [6.07, 6.45) is 0. The fraction of sp³-hybridized carbons (Fsp3) is 0.417. The van der Waals surface area contributed by atoms with E-state index >= 15 is 0 Å². The van der Waals surface area contributed by atoms with Crippen LogP contribution >= 0.6 is 0 Å².